The van der Waals surface area contributed by atoms with Gasteiger partial charge in [0.2, 0.25) is 5.69 Å². The molecule has 0 saturated heterocycles. The number of methoxy groups -OCH3 is 1. The summed E-state index contributed by atoms with van der Waals surface area (Å²) in [4.78, 5) is 15.1. The number of hydrogen-bond donors (Lipinski definition) is 2. The van der Waals surface area contributed by atoms with Crippen molar-refractivity contribution >= 4 is 23.0 Å². The third kappa shape index (κ3) is 2.08. The largest absolute Gasteiger partial charge is 0.497 e. The van der Waals surface area contributed by atoms with Crippen molar-refractivity contribution < 1.29 is 14.5 Å². The number of hydrogen-bond acceptors (Lipinski definition) is 2. The van der Waals surface area contributed by atoms with Crippen LogP contribution in [-0.2, 0) is 4.79 Å². The Hall–Kier alpha value is -2.62. The summed E-state index contributed by atoms with van der Waals surface area (Å²) in [6, 6.07) is 15.1. The standard InChI is InChI=1S/C15H12N2O2/c1-19-11-8-6-10(7-9-11)16-14-12-4-2-3-5-13(12)17-15(14)18/h2-9H,1H3,(H,16,17,18)/p+1. The number of rotatable bonds is 2. The van der Waals surface area contributed by atoms with Gasteiger partial charge in [-0.1, -0.05) is 12.1 Å². The zero-order chi connectivity index (χ0) is 13.2. The second-order valence-electron chi connectivity index (χ2n) is 4.23. The van der Waals surface area contributed by atoms with E-state index in [0.29, 0.717) is 5.71 Å². The normalized spacial score (nSPS) is 15.2. The highest BCUT2D eigenvalue weighted by Crippen LogP contribution is 2.20. The van der Waals surface area contributed by atoms with E-state index in [9.17, 15) is 4.79 Å². The first-order valence-corrected chi connectivity index (χ1v) is 5.97. The summed E-state index contributed by atoms with van der Waals surface area (Å²) in [6.45, 7) is 0. The lowest BCUT2D eigenvalue weighted by molar-refractivity contribution is -0.351. The Kier molecular flexibility index (Phi) is 2.76. The molecule has 0 unspecified atom stereocenters. The van der Waals surface area contributed by atoms with Crippen LogP contribution in [0.2, 0.25) is 0 Å². The van der Waals surface area contributed by atoms with Crippen molar-refractivity contribution in [3.05, 3.63) is 54.1 Å². The van der Waals surface area contributed by atoms with Gasteiger partial charge in [0.05, 0.1) is 18.4 Å². The van der Waals surface area contributed by atoms with Gasteiger partial charge >= 0.3 is 5.91 Å². The van der Waals surface area contributed by atoms with Crippen molar-refractivity contribution in [3.8, 4) is 5.75 Å². The van der Waals surface area contributed by atoms with Gasteiger partial charge in [0.1, 0.15) is 5.75 Å². The summed E-state index contributed by atoms with van der Waals surface area (Å²) < 4.78 is 5.10. The highest BCUT2D eigenvalue weighted by molar-refractivity contribution is 6.51. The van der Waals surface area contributed by atoms with Crippen molar-refractivity contribution in [1.29, 1.82) is 0 Å². The number of fused-ring (bicyclic) bond motifs is 1. The summed E-state index contributed by atoms with van der Waals surface area (Å²) in [6.07, 6.45) is 0. The fourth-order valence-corrected chi connectivity index (χ4v) is 2.06. The molecule has 0 radical (unpaired) electrons. The molecule has 0 fully saturated rings. The summed E-state index contributed by atoms with van der Waals surface area (Å²) in [5.74, 6) is 0.670. The minimum Gasteiger partial charge on any atom is -0.497 e. The minimum atomic E-state index is -0.114. The molecule has 0 aromatic heterocycles. The summed E-state index contributed by atoms with van der Waals surface area (Å²) in [5.41, 5.74) is 3.15. The van der Waals surface area contributed by atoms with Gasteiger partial charge in [0.25, 0.3) is 5.71 Å². The number of amides is 1. The van der Waals surface area contributed by atoms with Crippen LogP contribution >= 0.6 is 0 Å². The van der Waals surface area contributed by atoms with E-state index in [1.54, 1.807) is 7.11 Å². The zero-order valence-electron chi connectivity index (χ0n) is 10.4. The Balaban J connectivity index is 2.01. The second kappa shape index (κ2) is 4.57. The zero-order valence-corrected chi connectivity index (χ0v) is 10.4. The van der Waals surface area contributed by atoms with Crippen LogP contribution in [0, 0.1) is 0 Å². The third-order valence-corrected chi connectivity index (χ3v) is 3.03. The summed E-state index contributed by atoms with van der Waals surface area (Å²) >= 11 is 0. The lowest BCUT2D eigenvalue weighted by Gasteiger charge is -1.96. The lowest BCUT2D eigenvalue weighted by Crippen LogP contribution is -2.68. The van der Waals surface area contributed by atoms with E-state index in [1.807, 2.05) is 48.5 Å². The van der Waals surface area contributed by atoms with Gasteiger partial charge in [-0.15, -0.1) is 0 Å². The maximum absolute atomic E-state index is 11.9. The van der Waals surface area contributed by atoms with Gasteiger partial charge in [-0.2, -0.15) is 4.99 Å². The van der Waals surface area contributed by atoms with Crippen LogP contribution in [0.15, 0.2) is 48.5 Å². The molecule has 0 saturated carbocycles. The average Bonchev–Trinajstić information content (AvgIpc) is 2.76. The predicted molar refractivity (Wildman–Crippen MR) is 72.8 cm³/mol. The number of carbonyl (C=O) groups is 1. The molecule has 94 valence electrons. The first-order valence-electron chi connectivity index (χ1n) is 5.97. The molecule has 19 heavy (non-hydrogen) atoms. The number of benzene rings is 2. The summed E-state index contributed by atoms with van der Waals surface area (Å²) in [7, 11) is 1.62. The average molecular weight is 253 g/mol. The molecule has 4 heteroatoms. The fraction of sp³-hybridized carbons (Fsp3) is 0.0667. The number of para-hydroxylation sites is 1. The molecule has 0 atom stereocenters. The molecule has 1 aliphatic heterocycles. The van der Waals surface area contributed by atoms with E-state index in [1.165, 1.54) is 0 Å². The van der Waals surface area contributed by atoms with Gasteiger partial charge in [0.15, 0.2) is 0 Å². The Labute approximate surface area is 110 Å². The molecule has 1 amide bonds. The first-order chi connectivity index (χ1) is 9.28. The predicted octanol–water partition coefficient (Wildman–Crippen LogP) is 0.849. The molecule has 1 heterocycles. The Morgan fingerprint density at radius 2 is 1.79 bits per heavy atom. The van der Waals surface area contributed by atoms with Crippen molar-refractivity contribution in [2.75, 3.05) is 12.4 Å². The molecule has 0 bridgehead atoms. The van der Waals surface area contributed by atoms with Crippen LogP contribution in [0.25, 0.3) is 0 Å². The van der Waals surface area contributed by atoms with Gasteiger partial charge in [-0.25, -0.2) is 0 Å². The summed E-state index contributed by atoms with van der Waals surface area (Å²) in [5, 5.41) is 2.83. The molecule has 1 aliphatic rings. The topological polar surface area (TPSA) is 52.3 Å². The molecule has 4 nitrogen and oxygen atoms in total. The fourth-order valence-electron chi connectivity index (χ4n) is 2.06. The molecule has 2 aromatic rings. The van der Waals surface area contributed by atoms with Crippen LogP contribution in [0.1, 0.15) is 5.56 Å². The number of ether oxygens (including phenoxy) is 1. The van der Waals surface area contributed by atoms with E-state index in [2.05, 4.69) is 10.3 Å². The van der Waals surface area contributed by atoms with Crippen LogP contribution in [0.3, 0.4) is 0 Å². The van der Waals surface area contributed by atoms with E-state index in [0.717, 1.165) is 22.7 Å². The third-order valence-electron chi connectivity index (χ3n) is 3.03. The van der Waals surface area contributed by atoms with Gasteiger partial charge in [-0.05, 0) is 24.3 Å². The van der Waals surface area contributed by atoms with E-state index in [-0.39, 0.29) is 5.91 Å². The molecule has 0 aliphatic carbocycles. The van der Waals surface area contributed by atoms with Crippen molar-refractivity contribution in [2.24, 2.45) is 0 Å². The maximum Gasteiger partial charge on any atom is 0.321 e. The maximum atomic E-state index is 11.9. The molecular weight excluding hydrogens is 240 g/mol. The van der Waals surface area contributed by atoms with Gasteiger partial charge < -0.3 is 10.1 Å². The molecule has 2 aromatic carbocycles. The number of anilines is 1. The second-order valence-corrected chi connectivity index (χ2v) is 4.23. The molecule has 3 rings (SSSR count). The molecule has 0 spiro atoms. The lowest BCUT2D eigenvalue weighted by atomic mass is 10.1. The van der Waals surface area contributed by atoms with Crippen LogP contribution in [0.4, 0.5) is 11.4 Å². The van der Waals surface area contributed by atoms with Gasteiger partial charge in [0, 0.05) is 12.1 Å². The van der Waals surface area contributed by atoms with Crippen molar-refractivity contribution in [3.63, 3.8) is 0 Å². The quantitative estimate of drug-likeness (QED) is 0.833. The van der Waals surface area contributed by atoms with Crippen molar-refractivity contribution in [2.45, 2.75) is 0 Å². The van der Waals surface area contributed by atoms with E-state index < -0.39 is 0 Å². The van der Waals surface area contributed by atoms with E-state index >= 15 is 0 Å². The smallest absolute Gasteiger partial charge is 0.321 e. The Morgan fingerprint density at radius 1 is 1.05 bits per heavy atom. The SMILES string of the molecule is COc1ccc([NH+]=C2C(=O)Nc3ccccc32)cc1. The first kappa shape index (κ1) is 11.5. The minimum absolute atomic E-state index is 0.114. The highest BCUT2D eigenvalue weighted by Gasteiger charge is 2.30. The molecule has 2 N–H and O–H groups in total. The Morgan fingerprint density at radius 3 is 2.53 bits per heavy atom. The number of nitrogens with one attached hydrogen (secondary N) is 2. The van der Waals surface area contributed by atoms with Crippen LogP contribution in [0.5, 0.6) is 5.75 Å². The number of carbonyl (C=O) groups excluding carboxylic acids is 1. The Bertz CT molecular complexity index is 660. The monoisotopic (exact) mass is 253 g/mol. The highest BCUT2D eigenvalue weighted by atomic mass is 16.5. The van der Waals surface area contributed by atoms with Gasteiger partial charge in [-0.3, -0.25) is 4.79 Å². The van der Waals surface area contributed by atoms with Crippen LogP contribution < -0.4 is 15.0 Å². The van der Waals surface area contributed by atoms with Crippen molar-refractivity contribution in [1.82, 2.24) is 0 Å². The van der Waals surface area contributed by atoms with Crippen LogP contribution in [-0.4, -0.2) is 18.7 Å². The molecular formula is C15H13N2O2+. The van der Waals surface area contributed by atoms with E-state index in [4.69, 9.17) is 4.74 Å².